The Kier molecular flexibility index (Phi) is 3.38. The van der Waals surface area contributed by atoms with E-state index in [9.17, 15) is 14.3 Å². The minimum atomic E-state index is -0.728. The number of halogens is 1. The van der Waals surface area contributed by atoms with Gasteiger partial charge in [-0.1, -0.05) is 12.1 Å². The highest BCUT2D eigenvalue weighted by molar-refractivity contribution is 5.71. The van der Waals surface area contributed by atoms with Gasteiger partial charge in [0.1, 0.15) is 0 Å². The molecule has 4 nitrogen and oxygen atoms in total. The van der Waals surface area contributed by atoms with Gasteiger partial charge in [-0.25, -0.2) is 4.39 Å². The molecular weight excluding hydrogens is 261 g/mol. The van der Waals surface area contributed by atoms with E-state index in [0.717, 1.165) is 12.8 Å². The van der Waals surface area contributed by atoms with Gasteiger partial charge in [-0.3, -0.25) is 9.69 Å². The molecule has 1 aromatic rings. The zero-order valence-corrected chi connectivity index (χ0v) is 11.4. The van der Waals surface area contributed by atoms with Crippen LogP contribution in [0.15, 0.2) is 18.2 Å². The van der Waals surface area contributed by atoms with Crippen molar-refractivity contribution in [2.24, 2.45) is 5.92 Å². The monoisotopic (exact) mass is 279 g/mol. The number of ether oxygens (including phenoxy) is 1. The van der Waals surface area contributed by atoms with Crippen LogP contribution in [0.1, 0.15) is 24.8 Å². The number of benzene rings is 1. The molecule has 20 heavy (non-hydrogen) atoms. The topological polar surface area (TPSA) is 49.8 Å². The Balaban J connectivity index is 1.81. The van der Waals surface area contributed by atoms with Gasteiger partial charge in [-0.2, -0.15) is 0 Å². The molecule has 0 aromatic heterocycles. The van der Waals surface area contributed by atoms with Crippen LogP contribution in [0.4, 0.5) is 4.39 Å². The standard InChI is InChI=1S/C15H18FNO3/c1-20-13-4-2-3-9(14(13)16)8-17-10-5-6-12(17)11(7-10)15(18)19/h2-4,10-12H,5-8H2,1H3,(H,18,19). The highest BCUT2D eigenvalue weighted by atomic mass is 19.1. The second-order valence-corrected chi connectivity index (χ2v) is 5.58. The first kappa shape index (κ1) is 13.4. The van der Waals surface area contributed by atoms with E-state index in [-0.39, 0.29) is 29.6 Å². The summed E-state index contributed by atoms with van der Waals surface area (Å²) in [5, 5.41) is 9.24. The summed E-state index contributed by atoms with van der Waals surface area (Å²) in [5.41, 5.74) is 0.576. The van der Waals surface area contributed by atoms with Gasteiger partial charge in [0, 0.05) is 24.2 Å². The molecular formula is C15H18FNO3. The lowest BCUT2D eigenvalue weighted by molar-refractivity contribution is -0.142. The van der Waals surface area contributed by atoms with E-state index in [1.54, 1.807) is 18.2 Å². The van der Waals surface area contributed by atoms with Crippen LogP contribution in [0.2, 0.25) is 0 Å². The molecule has 1 N–H and O–H groups in total. The summed E-state index contributed by atoms with van der Waals surface area (Å²) in [6.07, 6.45) is 2.60. The average Bonchev–Trinajstić information content (AvgIpc) is 2.98. The Labute approximate surface area is 117 Å². The molecule has 5 heteroatoms. The molecule has 2 fully saturated rings. The Bertz CT molecular complexity index is 534. The first-order valence-corrected chi connectivity index (χ1v) is 6.91. The van der Waals surface area contributed by atoms with E-state index in [2.05, 4.69) is 4.90 Å². The van der Waals surface area contributed by atoms with Crippen LogP contribution in [0.5, 0.6) is 5.75 Å². The molecule has 3 unspecified atom stereocenters. The zero-order chi connectivity index (χ0) is 14.3. The molecule has 2 aliphatic rings. The van der Waals surface area contributed by atoms with Gasteiger partial charge in [0.05, 0.1) is 13.0 Å². The number of aliphatic carboxylic acids is 1. The minimum absolute atomic E-state index is 0.0445. The quantitative estimate of drug-likeness (QED) is 0.918. The molecule has 0 aliphatic carbocycles. The van der Waals surface area contributed by atoms with Crippen molar-refractivity contribution in [3.8, 4) is 5.75 Å². The number of hydrogen-bond acceptors (Lipinski definition) is 3. The van der Waals surface area contributed by atoms with Gasteiger partial charge in [-0.15, -0.1) is 0 Å². The summed E-state index contributed by atoms with van der Waals surface area (Å²) >= 11 is 0. The van der Waals surface area contributed by atoms with Gasteiger partial charge in [0.25, 0.3) is 0 Å². The van der Waals surface area contributed by atoms with Crippen LogP contribution < -0.4 is 4.74 Å². The lowest BCUT2D eigenvalue weighted by Gasteiger charge is -2.23. The largest absolute Gasteiger partial charge is 0.494 e. The lowest BCUT2D eigenvalue weighted by atomic mass is 9.89. The van der Waals surface area contributed by atoms with Crippen molar-refractivity contribution in [2.45, 2.75) is 37.9 Å². The number of hydrogen-bond donors (Lipinski definition) is 1. The van der Waals surface area contributed by atoms with Gasteiger partial charge in [0.15, 0.2) is 11.6 Å². The molecule has 0 spiro atoms. The average molecular weight is 279 g/mol. The smallest absolute Gasteiger partial charge is 0.308 e. The van der Waals surface area contributed by atoms with Crippen molar-refractivity contribution < 1.29 is 19.0 Å². The minimum Gasteiger partial charge on any atom is -0.494 e. The third kappa shape index (κ3) is 2.06. The van der Waals surface area contributed by atoms with Crippen LogP contribution in [-0.4, -0.2) is 35.2 Å². The normalized spacial score (nSPS) is 28.8. The van der Waals surface area contributed by atoms with E-state index in [0.29, 0.717) is 18.5 Å². The number of methoxy groups -OCH3 is 1. The van der Waals surface area contributed by atoms with E-state index < -0.39 is 5.97 Å². The second kappa shape index (κ2) is 5.05. The number of fused-ring (bicyclic) bond motifs is 2. The maximum absolute atomic E-state index is 14.2. The molecule has 2 saturated heterocycles. The van der Waals surface area contributed by atoms with E-state index in [4.69, 9.17) is 4.74 Å². The molecule has 0 saturated carbocycles. The molecule has 3 atom stereocenters. The molecule has 1 aromatic carbocycles. The van der Waals surface area contributed by atoms with Crippen LogP contribution in [0.25, 0.3) is 0 Å². The molecule has 3 rings (SSSR count). The fourth-order valence-corrected chi connectivity index (χ4v) is 3.65. The maximum atomic E-state index is 14.2. The Morgan fingerprint density at radius 1 is 1.50 bits per heavy atom. The summed E-state index contributed by atoms with van der Waals surface area (Å²) in [4.78, 5) is 13.4. The zero-order valence-electron chi connectivity index (χ0n) is 11.4. The van der Waals surface area contributed by atoms with Gasteiger partial charge < -0.3 is 9.84 Å². The highest BCUT2D eigenvalue weighted by Gasteiger charge is 2.49. The van der Waals surface area contributed by atoms with E-state index in [1.165, 1.54) is 7.11 Å². The first-order chi connectivity index (χ1) is 9.61. The van der Waals surface area contributed by atoms with E-state index >= 15 is 0 Å². The first-order valence-electron chi connectivity index (χ1n) is 6.91. The van der Waals surface area contributed by atoms with Crippen molar-refractivity contribution in [2.75, 3.05) is 7.11 Å². The third-order valence-electron chi connectivity index (χ3n) is 4.61. The summed E-state index contributed by atoms with van der Waals surface area (Å²) < 4.78 is 19.2. The molecule has 2 aliphatic heterocycles. The summed E-state index contributed by atoms with van der Waals surface area (Å²) in [7, 11) is 1.45. The van der Waals surface area contributed by atoms with Crippen molar-refractivity contribution >= 4 is 5.97 Å². The van der Waals surface area contributed by atoms with Crippen molar-refractivity contribution in [1.82, 2.24) is 4.90 Å². The highest BCUT2D eigenvalue weighted by Crippen LogP contribution is 2.43. The molecule has 2 heterocycles. The summed E-state index contributed by atoms with van der Waals surface area (Å²) in [5.74, 6) is -1.13. The fraction of sp³-hybridized carbons (Fsp3) is 0.533. The number of carboxylic acid groups (broad SMARTS) is 1. The lowest BCUT2D eigenvalue weighted by Crippen LogP contribution is -2.32. The predicted molar refractivity (Wildman–Crippen MR) is 71.0 cm³/mol. The van der Waals surface area contributed by atoms with Crippen LogP contribution in [0.3, 0.4) is 0 Å². The Morgan fingerprint density at radius 3 is 2.95 bits per heavy atom. The Morgan fingerprint density at radius 2 is 2.30 bits per heavy atom. The molecule has 0 amide bonds. The Hall–Kier alpha value is -1.62. The number of nitrogens with zero attached hydrogens (tertiary/aromatic N) is 1. The SMILES string of the molecule is COc1cccc(CN2C3CCC2C(C(=O)O)C3)c1F. The number of carbonyl (C=O) groups is 1. The third-order valence-corrected chi connectivity index (χ3v) is 4.61. The maximum Gasteiger partial charge on any atom is 0.308 e. The molecule has 2 bridgehead atoms. The fourth-order valence-electron chi connectivity index (χ4n) is 3.65. The summed E-state index contributed by atoms with van der Waals surface area (Å²) in [6.45, 7) is 0.460. The summed E-state index contributed by atoms with van der Waals surface area (Å²) in [6, 6.07) is 5.42. The van der Waals surface area contributed by atoms with E-state index in [1.807, 2.05) is 0 Å². The van der Waals surface area contributed by atoms with Crippen LogP contribution in [-0.2, 0) is 11.3 Å². The van der Waals surface area contributed by atoms with Crippen molar-refractivity contribution in [1.29, 1.82) is 0 Å². The molecule has 0 radical (unpaired) electrons. The second-order valence-electron chi connectivity index (χ2n) is 5.58. The van der Waals surface area contributed by atoms with Crippen LogP contribution >= 0.6 is 0 Å². The predicted octanol–water partition coefficient (Wildman–Crippen LogP) is 2.27. The van der Waals surface area contributed by atoms with Gasteiger partial charge >= 0.3 is 5.97 Å². The van der Waals surface area contributed by atoms with Gasteiger partial charge in [0.2, 0.25) is 0 Å². The molecule has 108 valence electrons. The van der Waals surface area contributed by atoms with Gasteiger partial charge in [-0.05, 0) is 25.3 Å². The van der Waals surface area contributed by atoms with Crippen molar-refractivity contribution in [3.05, 3.63) is 29.6 Å². The van der Waals surface area contributed by atoms with Crippen molar-refractivity contribution in [3.63, 3.8) is 0 Å². The number of rotatable bonds is 4. The number of carboxylic acids is 1. The van der Waals surface area contributed by atoms with Crippen LogP contribution in [0, 0.1) is 11.7 Å².